The average molecular weight is 424 g/mol. The Kier molecular flexibility index (Phi) is 4.74. The van der Waals surface area contributed by atoms with Gasteiger partial charge in [-0.05, 0) is 66.6 Å². The van der Waals surface area contributed by atoms with Crippen molar-refractivity contribution in [3.63, 3.8) is 0 Å². The number of hydrogen-bond donors (Lipinski definition) is 0. The molecule has 0 saturated heterocycles. The summed E-state index contributed by atoms with van der Waals surface area (Å²) < 4.78 is 5.56. The lowest BCUT2D eigenvalue weighted by molar-refractivity contribution is -0.148. The molecule has 0 spiro atoms. The number of esters is 1. The highest BCUT2D eigenvalue weighted by molar-refractivity contribution is 6.30. The van der Waals surface area contributed by atoms with Gasteiger partial charge in [-0.3, -0.25) is 9.78 Å². The van der Waals surface area contributed by atoms with Gasteiger partial charge in [-0.1, -0.05) is 54.8 Å². The molecule has 158 valence electrons. The third-order valence-electron chi connectivity index (χ3n) is 8.45. The lowest BCUT2D eigenvalue weighted by atomic mass is 9.49. The number of carbonyl (C=O) groups is 1. The minimum Gasteiger partial charge on any atom is -0.462 e. The molecular formula is C26H30ClNO2. The van der Waals surface area contributed by atoms with E-state index in [4.69, 9.17) is 16.3 Å². The van der Waals surface area contributed by atoms with Gasteiger partial charge in [0.05, 0.1) is 5.02 Å². The first-order chi connectivity index (χ1) is 14.3. The molecule has 4 heteroatoms. The summed E-state index contributed by atoms with van der Waals surface area (Å²) in [4.78, 5) is 15.8. The predicted molar refractivity (Wildman–Crippen MR) is 120 cm³/mol. The van der Waals surface area contributed by atoms with E-state index in [1.165, 1.54) is 24.5 Å². The number of aromatic nitrogens is 1. The maximum atomic E-state index is 11.4. The maximum absolute atomic E-state index is 11.4. The molecule has 1 heterocycles. The molecule has 1 aromatic heterocycles. The zero-order chi connectivity index (χ0) is 21.1. The summed E-state index contributed by atoms with van der Waals surface area (Å²) in [5, 5.41) is 0.696. The summed E-state index contributed by atoms with van der Waals surface area (Å²) in [5.74, 6) is 1.10. The van der Waals surface area contributed by atoms with Crippen molar-refractivity contribution in [2.24, 2.45) is 22.7 Å². The highest BCUT2D eigenvalue weighted by Crippen LogP contribution is 2.64. The number of hydrogen-bond acceptors (Lipinski definition) is 3. The molecule has 0 amide bonds. The zero-order valence-corrected chi connectivity index (χ0v) is 18.8. The fourth-order valence-electron chi connectivity index (χ4n) is 6.94. The second-order valence-corrected chi connectivity index (χ2v) is 10.5. The SMILES string of the molecule is CC(=O)O[C@H]1CC[C@@]2(C)C(=CC[C@H]3C4=CC=C(c5cncc(Cl)c5)[C@@]4(C)CC[C@@H]32)C1. The number of pyridine rings is 1. The minimum absolute atomic E-state index is 0.0570. The van der Waals surface area contributed by atoms with Gasteiger partial charge in [0.2, 0.25) is 0 Å². The predicted octanol–water partition coefficient (Wildman–Crippen LogP) is 6.54. The van der Waals surface area contributed by atoms with E-state index in [1.54, 1.807) is 11.8 Å². The van der Waals surface area contributed by atoms with Crippen molar-refractivity contribution >= 4 is 23.1 Å². The van der Waals surface area contributed by atoms with Crippen molar-refractivity contribution in [1.29, 1.82) is 0 Å². The first-order valence-electron chi connectivity index (χ1n) is 11.2. The lowest BCUT2D eigenvalue weighted by Crippen LogP contribution is -2.47. The smallest absolute Gasteiger partial charge is 0.302 e. The fraction of sp³-hybridized carbons (Fsp3) is 0.538. The van der Waals surface area contributed by atoms with Gasteiger partial charge in [-0.2, -0.15) is 0 Å². The van der Waals surface area contributed by atoms with Crippen LogP contribution in [-0.4, -0.2) is 17.1 Å². The Morgan fingerprint density at radius 2 is 2.03 bits per heavy atom. The standard InChI is InChI=1S/C26H30ClNO2/c1-16(29)30-20-8-10-25(2)18(13-20)4-5-21-23-7-6-22(17-12-19(27)15-28-14-17)26(23,3)11-9-24(21)25/h4,6-7,12,14-15,20-21,24H,5,8-11,13H2,1-3H3/t20-,21-,24-,25-,26+/m0/s1. The van der Waals surface area contributed by atoms with E-state index >= 15 is 0 Å². The molecule has 0 bridgehead atoms. The molecule has 0 radical (unpaired) electrons. The van der Waals surface area contributed by atoms with Crippen molar-refractivity contribution in [3.05, 3.63) is 58.4 Å². The van der Waals surface area contributed by atoms with E-state index in [-0.39, 0.29) is 22.9 Å². The summed E-state index contributed by atoms with van der Waals surface area (Å²) >= 11 is 6.25. The molecule has 0 aliphatic heterocycles. The first kappa shape index (κ1) is 20.1. The second-order valence-electron chi connectivity index (χ2n) is 10.0. The van der Waals surface area contributed by atoms with Gasteiger partial charge in [0.15, 0.2) is 0 Å². The van der Waals surface area contributed by atoms with Crippen LogP contribution in [0.2, 0.25) is 5.02 Å². The van der Waals surface area contributed by atoms with Crippen LogP contribution in [0, 0.1) is 22.7 Å². The van der Waals surface area contributed by atoms with Crippen molar-refractivity contribution in [1.82, 2.24) is 4.98 Å². The number of rotatable bonds is 2. The molecule has 0 unspecified atom stereocenters. The molecule has 1 aromatic rings. The normalized spacial score (nSPS) is 37.2. The van der Waals surface area contributed by atoms with E-state index in [9.17, 15) is 4.79 Å². The van der Waals surface area contributed by atoms with E-state index in [0.29, 0.717) is 16.9 Å². The summed E-state index contributed by atoms with van der Waals surface area (Å²) in [7, 11) is 0. The molecule has 4 aliphatic carbocycles. The number of nitrogens with zero attached hydrogens (tertiary/aromatic N) is 1. The second kappa shape index (κ2) is 7.09. The lowest BCUT2D eigenvalue weighted by Gasteiger charge is -2.56. The van der Waals surface area contributed by atoms with Crippen molar-refractivity contribution in [2.45, 2.75) is 65.4 Å². The number of allylic oxidation sites excluding steroid dienone is 5. The van der Waals surface area contributed by atoms with E-state index in [1.807, 2.05) is 12.3 Å². The van der Waals surface area contributed by atoms with Crippen LogP contribution in [0.5, 0.6) is 0 Å². The monoisotopic (exact) mass is 423 g/mol. The molecule has 0 N–H and O–H groups in total. The summed E-state index contributed by atoms with van der Waals surface area (Å²) in [6.45, 7) is 6.40. The van der Waals surface area contributed by atoms with Crippen molar-refractivity contribution in [2.75, 3.05) is 0 Å². The molecule has 5 rings (SSSR count). The van der Waals surface area contributed by atoms with E-state index in [2.05, 4.69) is 37.1 Å². The third kappa shape index (κ3) is 3.00. The van der Waals surface area contributed by atoms with Gasteiger partial charge < -0.3 is 4.74 Å². The van der Waals surface area contributed by atoms with Crippen LogP contribution in [0.25, 0.3) is 5.57 Å². The first-order valence-corrected chi connectivity index (χ1v) is 11.6. The quantitative estimate of drug-likeness (QED) is 0.400. The molecule has 0 aromatic carbocycles. The zero-order valence-electron chi connectivity index (χ0n) is 18.1. The molecule has 2 saturated carbocycles. The number of carbonyl (C=O) groups excluding carboxylic acids is 1. The molecule has 5 atom stereocenters. The van der Waals surface area contributed by atoms with Gasteiger partial charge in [-0.15, -0.1) is 0 Å². The van der Waals surface area contributed by atoms with Crippen LogP contribution < -0.4 is 0 Å². The highest BCUT2D eigenvalue weighted by Gasteiger charge is 2.54. The van der Waals surface area contributed by atoms with Crippen LogP contribution in [0.3, 0.4) is 0 Å². The van der Waals surface area contributed by atoms with Crippen LogP contribution in [0.4, 0.5) is 0 Å². The minimum atomic E-state index is -0.156. The molecule has 2 fully saturated rings. The molecule has 30 heavy (non-hydrogen) atoms. The van der Waals surface area contributed by atoms with E-state index < -0.39 is 0 Å². The maximum Gasteiger partial charge on any atom is 0.302 e. The average Bonchev–Trinajstić information content (AvgIpc) is 3.05. The van der Waals surface area contributed by atoms with Crippen molar-refractivity contribution < 1.29 is 9.53 Å². The van der Waals surface area contributed by atoms with Gasteiger partial charge in [0, 0.05) is 31.2 Å². The van der Waals surface area contributed by atoms with Crippen LogP contribution >= 0.6 is 11.6 Å². The Hall–Kier alpha value is -1.87. The molecular weight excluding hydrogens is 394 g/mol. The van der Waals surface area contributed by atoms with Gasteiger partial charge in [0.25, 0.3) is 0 Å². The Morgan fingerprint density at radius 1 is 1.20 bits per heavy atom. The Bertz CT molecular complexity index is 993. The number of fused-ring (bicyclic) bond motifs is 5. The van der Waals surface area contributed by atoms with Gasteiger partial charge in [0.1, 0.15) is 6.10 Å². The van der Waals surface area contributed by atoms with Gasteiger partial charge >= 0.3 is 5.97 Å². The number of halogens is 1. The van der Waals surface area contributed by atoms with Crippen molar-refractivity contribution in [3.8, 4) is 0 Å². The summed E-state index contributed by atoms with van der Waals surface area (Å²) in [5.41, 5.74) is 5.93. The van der Waals surface area contributed by atoms with Crippen LogP contribution in [0.1, 0.15) is 64.9 Å². The Labute approximate surface area is 184 Å². The fourth-order valence-corrected chi connectivity index (χ4v) is 7.12. The summed E-state index contributed by atoms with van der Waals surface area (Å²) in [6, 6.07) is 2.05. The largest absolute Gasteiger partial charge is 0.462 e. The van der Waals surface area contributed by atoms with E-state index in [0.717, 1.165) is 37.7 Å². The molecule has 4 aliphatic rings. The topological polar surface area (TPSA) is 39.2 Å². The number of ether oxygens (including phenoxy) is 1. The third-order valence-corrected chi connectivity index (χ3v) is 8.66. The van der Waals surface area contributed by atoms with Crippen LogP contribution in [-0.2, 0) is 9.53 Å². The summed E-state index contributed by atoms with van der Waals surface area (Å²) in [6.07, 6.45) is 17.4. The Balaban J connectivity index is 1.42. The van der Waals surface area contributed by atoms with Crippen LogP contribution in [0.15, 0.2) is 47.8 Å². The Morgan fingerprint density at radius 3 is 2.80 bits per heavy atom. The molecule has 3 nitrogen and oxygen atoms in total. The highest BCUT2D eigenvalue weighted by atomic mass is 35.5. The van der Waals surface area contributed by atoms with Gasteiger partial charge in [-0.25, -0.2) is 0 Å².